The van der Waals surface area contributed by atoms with Crippen LogP contribution in [0, 0.1) is 0 Å². The van der Waals surface area contributed by atoms with Crippen molar-refractivity contribution in [3.05, 3.63) is 121 Å². The predicted molar refractivity (Wildman–Crippen MR) is 159 cm³/mol. The van der Waals surface area contributed by atoms with Gasteiger partial charge in [-0.2, -0.15) is 0 Å². The Hall–Kier alpha value is 0.424. The van der Waals surface area contributed by atoms with Gasteiger partial charge in [0.25, 0.3) is 0 Å². The molecule has 35 heavy (non-hydrogen) atoms. The summed E-state index contributed by atoms with van der Waals surface area (Å²) in [5, 5.41) is 5.75. The number of benzene rings is 4. The van der Waals surface area contributed by atoms with Crippen LogP contribution < -0.4 is 21.2 Å². The zero-order valence-corrected chi connectivity index (χ0v) is 27.4. The van der Waals surface area contributed by atoms with E-state index in [0.29, 0.717) is 0 Å². The SMILES string of the molecule is CP(c1ccccc1)c1ccccc1.CP(c1ccccc1)c1ccccc1.[Cl][Fe][Cl].[Cl][Ti]([Cl])[Cl]. The molecule has 0 unspecified atom stereocenters. The van der Waals surface area contributed by atoms with Gasteiger partial charge in [0.05, 0.1) is 0 Å². The van der Waals surface area contributed by atoms with Gasteiger partial charge >= 0.3 is 75.9 Å². The van der Waals surface area contributed by atoms with E-state index in [0.717, 1.165) is 0 Å². The van der Waals surface area contributed by atoms with E-state index in [9.17, 15) is 0 Å². The molecule has 0 radical (unpaired) electrons. The summed E-state index contributed by atoms with van der Waals surface area (Å²) in [5.74, 6) is 0. The van der Waals surface area contributed by atoms with Crippen LogP contribution in [0.15, 0.2) is 121 Å². The molecule has 0 N–H and O–H groups in total. The number of hydrogen-bond acceptors (Lipinski definition) is 0. The Morgan fingerprint density at radius 1 is 0.457 bits per heavy atom. The van der Waals surface area contributed by atoms with Gasteiger partial charge in [-0.15, -0.1) is 0 Å². The van der Waals surface area contributed by atoms with Gasteiger partial charge in [-0.1, -0.05) is 121 Å². The van der Waals surface area contributed by atoms with Crippen LogP contribution in [0.3, 0.4) is 0 Å². The van der Waals surface area contributed by atoms with Gasteiger partial charge in [0, 0.05) is 0 Å². The number of halogens is 5. The molecule has 4 rings (SSSR count). The molecular formula is C26H26Cl5FeP2Ti. The first-order valence-corrected chi connectivity index (χ1v) is 23.3. The quantitative estimate of drug-likeness (QED) is 0.149. The van der Waals surface area contributed by atoms with Crippen LogP contribution in [0.2, 0.25) is 0 Å². The fourth-order valence-corrected chi connectivity index (χ4v) is 5.98. The van der Waals surface area contributed by atoms with E-state index in [1.807, 2.05) is 0 Å². The van der Waals surface area contributed by atoms with Gasteiger partial charge in [0.1, 0.15) is 0 Å². The first-order valence-electron chi connectivity index (χ1n) is 10.3. The summed E-state index contributed by atoms with van der Waals surface area (Å²) in [7, 11) is 24.1. The summed E-state index contributed by atoms with van der Waals surface area (Å²) in [5.41, 5.74) is 0. The minimum atomic E-state index is -1.92. The molecule has 0 atom stereocenters. The second-order valence-corrected chi connectivity index (χ2v) is 20.6. The third kappa shape index (κ3) is 15.4. The van der Waals surface area contributed by atoms with Gasteiger partial charge in [-0.3, -0.25) is 0 Å². The molecule has 9 heteroatoms. The van der Waals surface area contributed by atoms with Crippen LogP contribution in [0.25, 0.3) is 0 Å². The van der Waals surface area contributed by atoms with Crippen molar-refractivity contribution in [3.8, 4) is 0 Å². The van der Waals surface area contributed by atoms with Gasteiger partial charge < -0.3 is 0 Å². The Bertz CT molecular complexity index is 854. The maximum absolute atomic E-state index is 4.97. The molecule has 0 spiro atoms. The summed E-state index contributed by atoms with van der Waals surface area (Å²) in [6.07, 6.45) is 0. The van der Waals surface area contributed by atoms with Crippen LogP contribution >= 0.6 is 64.0 Å². The van der Waals surface area contributed by atoms with Gasteiger partial charge in [-0.25, -0.2) is 0 Å². The van der Waals surface area contributed by atoms with Gasteiger partial charge in [0.2, 0.25) is 0 Å². The summed E-state index contributed by atoms with van der Waals surface area (Å²) in [4.78, 5) is 0. The Morgan fingerprint density at radius 2 is 0.600 bits per heavy atom. The van der Waals surface area contributed by atoms with E-state index in [4.69, 9.17) is 48.1 Å². The van der Waals surface area contributed by atoms with Crippen molar-refractivity contribution in [3.63, 3.8) is 0 Å². The van der Waals surface area contributed by atoms with E-state index in [-0.39, 0.29) is 29.0 Å². The first kappa shape index (κ1) is 33.5. The average Bonchev–Trinajstić information content (AvgIpc) is 2.90. The predicted octanol–water partition coefficient (Wildman–Crippen LogP) is 8.94. The van der Waals surface area contributed by atoms with Crippen molar-refractivity contribution in [2.45, 2.75) is 0 Å². The van der Waals surface area contributed by atoms with E-state index in [2.05, 4.69) is 135 Å². The second kappa shape index (κ2) is 21.4. The van der Waals surface area contributed by atoms with Crippen molar-refractivity contribution >= 4 is 85.2 Å². The van der Waals surface area contributed by atoms with Crippen molar-refractivity contribution in [2.75, 3.05) is 13.3 Å². The molecule has 187 valence electrons. The molecule has 0 aliphatic heterocycles. The normalized spacial score (nSPS) is 9.74. The number of rotatable bonds is 4. The second-order valence-electron chi connectivity index (χ2n) is 6.73. The zero-order chi connectivity index (χ0) is 25.9. The van der Waals surface area contributed by atoms with Crippen LogP contribution in [-0.2, 0) is 27.8 Å². The molecule has 0 aliphatic rings. The summed E-state index contributed by atoms with van der Waals surface area (Å²) >= 11 is -1.72. The number of hydrogen-bond donors (Lipinski definition) is 0. The summed E-state index contributed by atoms with van der Waals surface area (Å²) in [6.45, 7) is 4.61. The summed E-state index contributed by atoms with van der Waals surface area (Å²) in [6, 6.07) is 42.8. The van der Waals surface area contributed by atoms with Crippen molar-refractivity contribution in [2.24, 2.45) is 0 Å². The van der Waals surface area contributed by atoms with Gasteiger partial charge in [0.15, 0.2) is 0 Å². The molecule has 4 aromatic carbocycles. The fraction of sp³-hybridized carbons (Fsp3) is 0.0769. The Balaban J connectivity index is 0.000000278. The molecule has 0 nitrogen and oxygen atoms in total. The van der Waals surface area contributed by atoms with E-state index in [1.54, 1.807) is 0 Å². The Morgan fingerprint density at radius 3 is 0.743 bits per heavy atom. The fourth-order valence-electron chi connectivity index (χ4n) is 2.90. The Labute approximate surface area is 245 Å². The topological polar surface area (TPSA) is 0 Å². The third-order valence-corrected chi connectivity index (χ3v) is 8.86. The molecule has 0 amide bonds. The molecule has 0 fully saturated rings. The van der Waals surface area contributed by atoms with E-state index >= 15 is 0 Å². The molecule has 0 heterocycles. The minimum absolute atomic E-state index is 0.171. The van der Waals surface area contributed by atoms with Crippen molar-refractivity contribution in [1.82, 2.24) is 0 Å². The van der Waals surface area contributed by atoms with Crippen molar-refractivity contribution < 1.29 is 27.8 Å². The molecule has 0 aromatic heterocycles. The van der Waals surface area contributed by atoms with Crippen LogP contribution in [0.5, 0.6) is 0 Å². The standard InChI is InChI=1S/2C13H13P.5ClH.Fe.Ti/c2*1-14(12-8-4-2-5-9-12)13-10-6-3-7-11-13;;;;;;;/h2*2-11H,1H3;5*1H;;/q;;;;;;;+2;+3/p-5. The summed E-state index contributed by atoms with van der Waals surface area (Å²) < 4.78 is 0. The van der Waals surface area contributed by atoms with Gasteiger partial charge in [-0.05, 0) is 50.4 Å². The van der Waals surface area contributed by atoms with Crippen LogP contribution in [0.4, 0.5) is 0 Å². The molecule has 4 aromatic rings. The maximum atomic E-state index is 4.97. The van der Waals surface area contributed by atoms with E-state index in [1.165, 1.54) is 21.2 Å². The monoisotopic (exact) mass is 679 g/mol. The van der Waals surface area contributed by atoms with Crippen LogP contribution in [-0.4, -0.2) is 13.3 Å². The van der Waals surface area contributed by atoms with Crippen LogP contribution in [0.1, 0.15) is 0 Å². The Kier molecular flexibility index (Phi) is 20.4. The molecule has 0 saturated carbocycles. The average molecular weight is 681 g/mol. The molecule has 0 aliphatic carbocycles. The zero-order valence-electron chi connectivity index (χ0n) is 19.2. The van der Waals surface area contributed by atoms with E-state index < -0.39 is 14.7 Å². The molecular weight excluding hydrogens is 655 g/mol. The molecule has 0 saturated heterocycles. The molecule has 0 bridgehead atoms. The third-order valence-electron chi connectivity index (χ3n) is 4.57. The first-order chi connectivity index (χ1) is 16.9. The van der Waals surface area contributed by atoms with Crippen molar-refractivity contribution in [1.29, 1.82) is 0 Å².